The normalized spacial score (nSPS) is 28.4. The van der Waals surface area contributed by atoms with Gasteiger partial charge in [0.2, 0.25) is 5.91 Å². The summed E-state index contributed by atoms with van der Waals surface area (Å²) in [5.74, 6) is -0.271. The maximum absolute atomic E-state index is 12.0. The topological polar surface area (TPSA) is 95.9 Å². The fraction of sp³-hybridized carbons (Fsp3) is 0.619. The SMILES string of the molecule is C=C[C@H](O)[C@@H]1CC=C[C@@H](O)CC(=C)C[C@H](C)CC(=O)NCCCCC(=O)O1. The van der Waals surface area contributed by atoms with Crippen LogP contribution in [0.5, 0.6) is 0 Å². The molecule has 6 nitrogen and oxygen atoms in total. The number of aliphatic hydroxyl groups is 2. The lowest BCUT2D eigenvalue weighted by Crippen LogP contribution is -2.29. The minimum absolute atomic E-state index is 0.0198. The summed E-state index contributed by atoms with van der Waals surface area (Å²) in [7, 11) is 0. The molecule has 3 N–H and O–H groups in total. The number of hydrogen-bond acceptors (Lipinski definition) is 5. The van der Waals surface area contributed by atoms with E-state index in [0.29, 0.717) is 38.6 Å². The highest BCUT2D eigenvalue weighted by Gasteiger charge is 2.20. The molecule has 0 aliphatic carbocycles. The summed E-state index contributed by atoms with van der Waals surface area (Å²) in [6, 6.07) is 0. The quantitative estimate of drug-likeness (QED) is 0.506. The molecule has 0 spiro atoms. The number of rotatable bonds is 2. The molecule has 0 bridgehead atoms. The number of cyclic esters (lactones) is 1. The first-order valence-electron chi connectivity index (χ1n) is 9.60. The van der Waals surface area contributed by atoms with Gasteiger partial charge in [-0.15, -0.1) is 6.58 Å². The van der Waals surface area contributed by atoms with Crippen molar-refractivity contribution < 1.29 is 24.5 Å². The van der Waals surface area contributed by atoms with Crippen LogP contribution in [0.3, 0.4) is 0 Å². The van der Waals surface area contributed by atoms with Gasteiger partial charge in [0.1, 0.15) is 12.2 Å². The Balaban J connectivity index is 2.77. The zero-order valence-corrected chi connectivity index (χ0v) is 16.2. The van der Waals surface area contributed by atoms with Crippen LogP contribution >= 0.6 is 0 Å². The molecule has 27 heavy (non-hydrogen) atoms. The molecule has 0 aromatic rings. The Bertz CT molecular complexity index is 543. The van der Waals surface area contributed by atoms with Crippen LogP contribution in [0.2, 0.25) is 0 Å². The summed E-state index contributed by atoms with van der Waals surface area (Å²) >= 11 is 0. The van der Waals surface area contributed by atoms with E-state index in [1.807, 2.05) is 6.92 Å². The van der Waals surface area contributed by atoms with Gasteiger partial charge in [0.15, 0.2) is 0 Å². The summed E-state index contributed by atoms with van der Waals surface area (Å²) in [4.78, 5) is 23.9. The van der Waals surface area contributed by atoms with Crippen molar-refractivity contribution in [2.45, 2.75) is 70.2 Å². The zero-order valence-electron chi connectivity index (χ0n) is 16.2. The number of carbonyl (C=O) groups excluding carboxylic acids is 2. The average Bonchev–Trinajstić information content (AvgIpc) is 2.58. The molecule has 0 unspecified atom stereocenters. The van der Waals surface area contributed by atoms with Gasteiger partial charge in [-0.3, -0.25) is 9.59 Å². The van der Waals surface area contributed by atoms with E-state index >= 15 is 0 Å². The third-order valence-corrected chi connectivity index (χ3v) is 4.43. The Hall–Kier alpha value is -1.92. The van der Waals surface area contributed by atoms with E-state index < -0.39 is 24.3 Å². The van der Waals surface area contributed by atoms with Crippen LogP contribution in [-0.4, -0.2) is 46.9 Å². The van der Waals surface area contributed by atoms with Gasteiger partial charge in [-0.05, 0) is 31.6 Å². The number of hydrogen-bond donors (Lipinski definition) is 3. The molecule has 0 radical (unpaired) electrons. The van der Waals surface area contributed by atoms with Crippen molar-refractivity contribution in [1.29, 1.82) is 0 Å². The summed E-state index contributed by atoms with van der Waals surface area (Å²) in [5.41, 5.74) is 0.877. The average molecular weight is 379 g/mol. The molecule has 0 saturated heterocycles. The Morgan fingerprint density at radius 1 is 1.30 bits per heavy atom. The molecule has 0 saturated carbocycles. The van der Waals surface area contributed by atoms with Gasteiger partial charge in [0, 0.05) is 25.8 Å². The second-order valence-electron chi connectivity index (χ2n) is 7.26. The van der Waals surface area contributed by atoms with Gasteiger partial charge in [-0.25, -0.2) is 0 Å². The number of carbonyl (C=O) groups is 2. The number of esters is 1. The zero-order chi connectivity index (χ0) is 20.2. The van der Waals surface area contributed by atoms with Crippen LogP contribution < -0.4 is 5.32 Å². The molecule has 1 rings (SSSR count). The maximum atomic E-state index is 12.0. The van der Waals surface area contributed by atoms with Crippen LogP contribution in [0.25, 0.3) is 0 Å². The minimum Gasteiger partial charge on any atom is -0.459 e. The molecule has 1 aliphatic rings. The number of amides is 1. The first kappa shape index (κ1) is 23.1. The van der Waals surface area contributed by atoms with Crippen molar-refractivity contribution in [3.8, 4) is 0 Å². The third kappa shape index (κ3) is 10.1. The predicted octanol–water partition coefficient (Wildman–Crippen LogP) is 2.42. The molecular formula is C21H33NO5. The van der Waals surface area contributed by atoms with Crippen molar-refractivity contribution in [1.82, 2.24) is 5.32 Å². The molecule has 1 aliphatic heterocycles. The summed E-state index contributed by atoms with van der Waals surface area (Å²) in [6.45, 7) is 10.0. The fourth-order valence-corrected chi connectivity index (χ4v) is 3.03. The Labute approximate surface area is 162 Å². The standard InChI is InChI=1S/C21H33NO5/c1-4-18(24)19-9-7-8-17(23)13-15(2)12-16(3)14-20(25)22-11-6-5-10-21(26)27-19/h4,7-8,16-19,23-24H,1-2,5-6,9-14H2,3H3,(H,22,25)/t16-,17+,18-,19-/m0/s1. The molecule has 4 atom stereocenters. The lowest BCUT2D eigenvalue weighted by molar-refractivity contribution is -0.153. The Morgan fingerprint density at radius 2 is 2.04 bits per heavy atom. The molecule has 1 heterocycles. The van der Waals surface area contributed by atoms with E-state index in [4.69, 9.17) is 4.74 Å². The molecule has 6 heteroatoms. The molecule has 0 aromatic heterocycles. The first-order chi connectivity index (χ1) is 12.8. The number of aliphatic hydroxyl groups excluding tert-OH is 2. The van der Waals surface area contributed by atoms with Gasteiger partial charge >= 0.3 is 5.97 Å². The van der Waals surface area contributed by atoms with E-state index in [0.717, 1.165) is 5.57 Å². The Kier molecular flexibility index (Phi) is 10.7. The second kappa shape index (κ2) is 12.5. The van der Waals surface area contributed by atoms with Gasteiger partial charge in [-0.2, -0.15) is 0 Å². The largest absolute Gasteiger partial charge is 0.459 e. The van der Waals surface area contributed by atoms with Gasteiger partial charge < -0.3 is 20.3 Å². The maximum Gasteiger partial charge on any atom is 0.306 e. The highest BCUT2D eigenvalue weighted by Crippen LogP contribution is 2.18. The van der Waals surface area contributed by atoms with E-state index in [2.05, 4.69) is 18.5 Å². The molecule has 0 fully saturated rings. The smallest absolute Gasteiger partial charge is 0.306 e. The van der Waals surface area contributed by atoms with Crippen molar-refractivity contribution in [3.05, 3.63) is 37.0 Å². The predicted molar refractivity (Wildman–Crippen MR) is 105 cm³/mol. The third-order valence-electron chi connectivity index (χ3n) is 4.43. The highest BCUT2D eigenvalue weighted by atomic mass is 16.6. The Morgan fingerprint density at radius 3 is 2.74 bits per heavy atom. The van der Waals surface area contributed by atoms with Crippen molar-refractivity contribution >= 4 is 11.9 Å². The van der Waals surface area contributed by atoms with Crippen molar-refractivity contribution in [3.63, 3.8) is 0 Å². The molecule has 152 valence electrons. The summed E-state index contributed by atoms with van der Waals surface area (Å²) in [6.07, 6.45) is 5.48. The van der Waals surface area contributed by atoms with Crippen LogP contribution in [-0.2, 0) is 14.3 Å². The number of ether oxygens (including phenoxy) is 1. The van der Waals surface area contributed by atoms with Crippen molar-refractivity contribution in [2.24, 2.45) is 5.92 Å². The lowest BCUT2D eigenvalue weighted by Gasteiger charge is -2.20. The second-order valence-corrected chi connectivity index (χ2v) is 7.26. The summed E-state index contributed by atoms with van der Waals surface area (Å²) < 4.78 is 5.34. The number of nitrogens with one attached hydrogen (secondary N) is 1. The van der Waals surface area contributed by atoms with Crippen LogP contribution in [0.4, 0.5) is 0 Å². The van der Waals surface area contributed by atoms with Crippen LogP contribution in [0.1, 0.15) is 51.9 Å². The molecule has 0 aromatic carbocycles. The first-order valence-corrected chi connectivity index (χ1v) is 9.60. The van der Waals surface area contributed by atoms with Gasteiger partial charge in [0.05, 0.1) is 6.10 Å². The monoisotopic (exact) mass is 379 g/mol. The van der Waals surface area contributed by atoms with Crippen LogP contribution in [0.15, 0.2) is 37.0 Å². The van der Waals surface area contributed by atoms with Crippen molar-refractivity contribution in [2.75, 3.05) is 6.54 Å². The van der Waals surface area contributed by atoms with E-state index in [-0.39, 0.29) is 24.7 Å². The highest BCUT2D eigenvalue weighted by molar-refractivity contribution is 5.76. The van der Waals surface area contributed by atoms with E-state index in [1.165, 1.54) is 6.08 Å². The van der Waals surface area contributed by atoms with E-state index in [9.17, 15) is 19.8 Å². The van der Waals surface area contributed by atoms with Gasteiger partial charge in [-0.1, -0.05) is 37.3 Å². The molecule has 1 amide bonds. The summed E-state index contributed by atoms with van der Waals surface area (Å²) in [5, 5.41) is 23.0. The van der Waals surface area contributed by atoms with E-state index in [1.54, 1.807) is 12.2 Å². The lowest BCUT2D eigenvalue weighted by atomic mass is 9.95. The fourth-order valence-electron chi connectivity index (χ4n) is 3.03. The molecular weight excluding hydrogens is 346 g/mol. The van der Waals surface area contributed by atoms with Crippen LogP contribution in [0, 0.1) is 5.92 Å². The minimum atomic E-state index is -0.976. The van der Waals surface area contributed by atoms with Gasteiger partial charge in [0.25, 0.3) is 0 Å².